The zero-order chi connectivity index (χ0) is 23.2. The summed E-state index contributed by atoms with van der Waals surface area (Å²) >= 11 is 0. The Balaban J connectivity index is 1.30. The van der Waals surface area contributed by atoms with E-state index < -0.39 is 6.09 Å². The summed E-state index contributed by atoms with van der Waals surface area (Å²) in [6.45, 7) is 2.17. The highest BCUT2D eigenvalue weighted by atomic mass is 16.4. The van der Waals surface area contributed by atoms with E-state index in [1.54, 1.807) is 4.90 Å². The molecule has 1 unspecified atom stereocenters. The third kappa shape index (κ3) is 3.82. The summed E-state index contributed by atoms with van der Waals surface area (Å²) in [5, 5.41) is 25.2. The lowest BCUT2D eigenvalue weighted by molar-refractivity contribution is 0.0724. The number of fused-ring (bicyclic) bond motifs is 2. The molecule has 2 aromatic heterocycles. The molecule has 0 saturated heterocycles. The summed E-state index contributed by atoms with van der Waals surface area (Å²) in [4.78, 5) is 28.4. The van der Waals surface area contributed by atoms with Gasteiger partial charge in [-0.3, -0.25) is 14.6 Å². The third-order valence-electron chi connectivity index (χ3n) is 7.24. The van der Waals surface area contributed by atoms with E-state index >= 15 is 0 Å². The van der Waals surface area contributed by atoms with Crippen LogP contribution in [0.1, 0.15) is 63.4 Å². The first-order valence-corrected chi connectivity index (χ1v) is 11.9. The molecule has 1 atom stereocenters. The van der Waals surface area contributed by atoms with Crippen LogP contribution in [0.25, 0.3) is 0 Å². The van der Waals surface area contributed by atoms with Crippen LogP contribution in [-0.2, 0) is 25.9 Å². The van der Waals surface area contributed by atoms with Crippen molar-refractivity contribution in [2.24, 2.45) is 0 Å². The molecule has 2 amide bonds. The van der Waals surface area contributed by atoms with Gasteiger partial charge in [0, 0.05) is 37.7 Å². The minimum absolute atomic E-state index is 0.0731. The lowest BCUT2D eigenvalue weighted by Gasteiger charge is -2.25. The van der Waals surface area contributed by atoms with E-state index in [1.165, 1.54) is 28.9 Å². The SMILES string of the molecule is O=C(O)N1CCn2nc(C(=O)N3CCc4[nH]nnc4C3)cc2C(Cc2ccccc2C2CC2)C1. The van der Waals surface area contributed by atoms with Gasteiger partial charge in [0.05, 0.1) is 18.8 Å². The molecule has 0 spiro atoms. The molecule has 0 radical (unpaired) electrons. The van der Waals surface area contributed by atoms with Gasteiger partial charge in [0.1, 0.15) is 5.69 Å². The molecule has 176 valence electrons. The van der Waals surface area contributed by atoms with Crippen molar-refractivity contribution in [2.45, 2.75) is 50.6 Å². The fraction of sp³-hybridized carbons (Fsp3) is 0.458. The number of benzene rings is 1. The number of aromatic amines is 1. The van der Waals surface area contributed by atoms with E-state index in [4.69, 9.17) is 0 Å². The Morgan fingerprint density at radius 3 is 2.79 bits per heavy atom. The van der Waals surface area contributed by atoms with Gasteiger partial charge < -0.3 is 14.9 Å². The largest absolute Gasteiger partial charge is 0.465 e. The standard InChI is InChI=1S/C24H27N7O3/c32-23(29-8-7-19-21(14-29)26-28-25-19)20-12-22-17(13-30(24(33)34)9-10-31(22)27-20)11-16-3-1-2-4-18(16)15-5-6-15/h1-4,12,15,17H,5-11,13-14H2,(H,33,34)(H,25,26,28). The molecule has 34 heavy (non-hydrogen) atoms. The molecule has 6 rings (SSSR count). The molecule has 3 aliphatic rings. The van der Waals surface area contributed by atoms with Crippen LogP contribution in [0.3, 0.4) is 0 Å². The molecule has 1 aromatic carbocycles. The minimum atomic E-state index is -0.917. The minimum Gasteiger partial charge on any atom is -0.465 e. The first-order chi connectivity index (χ1) is 16.6. The highest BCUT2D eigenvalue weighted by Gasteiger charge is 2.33. The summed E-state index contributed by atoms with van der Waals surface area (Å²) < 4.78 is 1.84. The fourth-order valence-corrected chi connectivity index (χ4v) is 5.27. The molecule has 2 aliphatic heterocycles. The fourth-order valence-electron chi connectivity index (χ4n) is 5.27. The number of hydrogen-bond acceptors (Lipinski definition) is 5. The van der Waals surface area contributed by atoms with Crippen molar-refractivity contribution in [1.29, 1.82) is 0 Å². The van der Waals surface area contributed by atoms with Crippen LogP contribution < -0.4 is 0 Å². The second kappa shape index (κ2) is 8.27. The maximum Gasteiger partial charge on any atom is 0.407 e. The summed E-state index contributed by atoms with van der Waals surface area (Å²) in [5.41, 5.74) is 5.74. The lowest BCUT2D eigenvalue weighted by atomic mass is 9.91. The maximum atomic E-state index is 13.3. The van der Waals surface area contributed by atoms with E-state index in [2.05, 4.69) is 38.7 Å². The first-order valence-electron chi connectivity index (χ1n) is 11.9. The van der Waals surface area contributed by atoms with Crippen LogP contribution >= 0.6 is 0 Å². The van der Waals surface area contributed by atoms with Crippen molar-refractivity contribution in [2.75, 3.05) is 19.6 Å². The van der Waals surface area contributed by atoms with Crippen molar-refractivity contribution in [1.82, 2.24) is 35.0 Å². The number of rotatable bonds is 4. The van der Waals surface area contributed by atoms with E-state index in [-0.39, 0.29) is 11.8 Å². The van der Waals surface area contributed by atoms with Gasteiger partial charge in [-0.2, -0.15) is 5.10 Å². The molecule has 1 fully saturated rings. The maximum absolute atomic E-state index is 13.3. The number of carbonyl (C=O) groups excluding carboxylic acids is 1. The van der Waals surface area contributed by atoms with E-state index in [9.17, 15) is 14.7 Å². The highest BCUT2D eigenvalue weighted by molar-refractivity contribution is 5.92. The Morgan fingerprint density at radius 1 is 1.12 bits per heavy atom. The van der Waals surface area contributed by atoms with Crippen molar-refractivity contribution >= 4 is 12.0 Å². The number of H-pyrrole nitrogens is 1. The van der Waals surface area contributed by atoms with Crippen molar-refractivity contribution in [3.8, 4) is 0 Å². The van der Waals surface area contributed by atoms with Gasteiger partial charge in [-0.05, 0) is 42.4 Å². The summed E-state index contributed by atoms with van der Waals surface area (Å²) in [6, 6.07) is 10.3. The monoisotopic (exact) mass is 461 g/mol. The summed E-state index contributed by atoms with van der Waals surface area (Å²) in [5.74, 6) is 0.414. The van der Waals surface area contributed by atoms with Crippen molar-refractivity contribution < 1.29 is 14.7 Å². The van der Waals surface area contributed by atoms with Crippen molar-refractivity contribution in [3.63, 3.8) is 0 Å². The average Bonchev–Trinajstić information content (AvgIpc) is 3.47. The Morgan fingerprint density at radius 2 is 1.97 bits per heavy atom. The molecular formula is C24H27N7O3. The predicted molar refractivity (Wildman–Crippen MR) is 122 cm³/mol. The van der Waals surface area contributed by atoms with Gasteiger partial charge in [0.2, 0.25) is 0 Å². The zero-order valence-corrected chi connectivity index (χ0v) is 18.9. The van der Waals surface area contributed by atoms with Gasteiger partial charge in [0.15, 0.2) is 5.69 Å². The van der Waals surface area contributed by atoms with Crippen LogP contribution in [-0.4, -0.2) is 71.7 Å². The number of carboxylic acid groups (broad SMARTS) is 1. The van der Waals surface area contributed by atoms with Crippen LogP contribution in [0.5, 0.6) is 0 Å². The molecule has 2 N–H and O–H groups in total. The molecule has 3 aromatic rings. The van der Waals surface area contributed by atoms with Gasteiger partial charge in [-0.15, -0.1) is 5.10 Å². The van der Waals surface area contributed by atoms with Crippen molar-refractivity contribution in [3.05, 3.63) is 64.2 Å². The molecule has 1 saturated carbocycles. The topological polar surface area (TPSA) is 120 Å². The molecule has 10 heteroatoms. The molecule has 10 nitrogen and oxygen atoms in total. The van der Waals surface area contributed by atoms with Crippen LogP contribution in [0.2, 0.25) is 0 Å². The normalized spacial score (nSPS) is 19.9. The summed E-state index contributed by atoms with van der Waals surface area (Å²) in [6.07, 6.45) is 2.92. The van der Waals surface area contributed by atoms with Gasteiger partial charge in [-0.25, -0.2) is 4.79 Å². The number of aromatic nitrogens is 5. The molecule has 0 bridgehead atoms. The zero-order valence-electron chi connectivity index (χ0n) is 18.9. The van der Waals surface area contributed by atoms with Crippen LogP contribution in [0, 0.1) is 0 Å². The number of amides is 2. The van der Waals surface area contributed by atoms with Gasteiger partial charge >= 0.3 is 6.09 Å². The Hall–Kier alpha value is -3.69. The molecule has 4 heterocycles. The first kappa shape index (κ1) is 20.9. The Labute approximate surface area is 196 Å². The smallest absolute Gasteiger partial charge is 0.407 e. The van der Waals surface area contributed by atoms with Crippen LogP contribution in [0.15, 0.2) is 30.3 Å². The van der Waals surface area contributed by atoms with E-state index in [1.807, 2.05) is 16.8 Å². The molecular weight excluding hydrogens is 434 g/mol. The quantitative estimate of drug-likeness (QED) is 0.616. The second-order valence-electron chi connectivity index (χ2n) is 9.49. The van der Waals surface area contributed by atoms with Gasteiger partial charge in [0.25, 0.3) is 5.91 Å². The second-order valence-corrected chi connectivity index (χ2v) is 9.49. The highest BCUT2D eigenvalue weighted by Crippen LogP contribution is 2.42. The van der Waals surface area contributed by atoms with Gasteiger partial charge in [-0.1, -0.05) is 29.5 Å². The third-order valence-corrected chi connectivity index (χ3v) is 7.24. The summed E-state index contributed by atoms with van der Waals surface area (Å²) in [7, 11) is 0. The number of nitrogens with one attached hydrogen (secondary N) is 1. The number of carbonyl (C=O) groups is 2. The average molecular weight is 462 g/mol. The number of nitrogens with zero attached hydrogens (tertiary/aromatic N) is 6. The Kier molecular flexibility index (Phi) is 5.08. The van der Waals surface area contributed by atoms with E-state index in [0.717, 1.165) is 23.5 Å². The predicted octanol–water partition coefficient (Wildman–Crippen LogP) is 2.40. The number of hydrogen-bond donors (Lipinski definition) is 2. The lowest BCUT2D eigenvalue weighted by Crippen LogP contribution is -2.36. The van der Waals surface area contributed by atoms with E-state index in [0.29, 0.717) is 50.8 Å². The molecule has 1 aliphatic carbocycles. The Bertz CT molecular complexity index is 1240. The van der Waals surface area contributed by atoms with Crippen LogP contribution in [0.4, 0.5) is 4.79 Å².